The molecule has 0 amide bonds. The quantitative estimate of drug-likeness (QED) is 0.701. The van der Waals surface area contributed by atoms with E-state index in [1.54, 1.807) is 13.3 Å². The van der Waals surface area contributed by atoms with Crippen molar-refractivity contribution < 1.29 is 4.74 Å². The second-order valence-corrected chi connectivity index (χ2v) is 3.15. The van der Waals surface area contributed by atoms with Gasteiger partial charge in [-0.25, -0.2) is 9.97 Å². The third-order valence-corrected chi connectivity index (χ3v) is 1.85. The van der Waals surface area contributed by atoms with Crippen LogP contribution in [0.4, 0.5) is 5.95 Å². The topological polar surface area (TPSA) is 47.0 Å². The molecule has 1 N–H and O–H groups in total. The summed E-state index contributed by atoms with van der Waals surface area (Å²) in [7, 11) is 1.72. The van der Waals surface area contributed by atoms with Crippen molar-refractivity contribution in [1.82, 2.24) is 9.97 Å². The predicted octanol–water partition coefficient (Wildman–Crippen LogP) is 1.62. The Morgan fingerprint density at radius 3 is 3.00 bits per heavy atom. The summed E-state index contributed by atoms with van der Waals surface area (Å²) in [5.74, 6) is 0.711. The van der Waals surface area contributed by atoms with Crippen LogP contribution in [-0.2, 0) is 4.74 Å². The molecule has 78 valence electrons. The molecule has 1 aromatic heterocycles. The highest BCUT2D eigenvalue weighted by Gasteiger charge is 1.94. The van der Waals surface area contributed by atoms with E-state index in [9.17, 15) is 0 Å². The number of methoxy groups -OCH3 is 1. The van der Waals surface area contributed by atoms with Crippen molar-refractivity contribution in [2.75, 3.05) is 25.6 Å². The molecule has 0 atom stereocenters. The summed E-state index contributed by atoms with van der Waals surface area (Å²) in [4.78, 5) is 8.34. The van der Waals surface area contributed by atoms with Crippen LogP contribution in [0.1, 0.15) is 18.5 Å². The molecule has 0 saturated heterocycles. The van der Waals surface area contributed by atoms with Crippen molar-refractivity contribution >= 4 is 5.95 Å². The van der Waals surface area contributed by atoms with Crippen molar-refractivity contribution in [3.05, 3.63) is 18.0 Å². The third kappa shape index (κ3) is 4.18. The van der Waals surface area contributed by atoms with Crippen molar-refractivity contribution in [3.63, 3.8) is 0 Å². The lowest BCUT2D eigenvalue weighted by molar-refractivity contribution is 0.193. The van der Waals surface area contributed by atoms with Crippen LogP contribution in [0.3, 0.4) is 0 Å². The summed E-state index contributed by atoms with van der Waals surface area (Å²) in [5, 5.41) is 3.17. The van der Waals surface area contributed by atoms with Gasteiger partial charge in [-0.1, -0.05) is 0 Å². The lowest BCUT2D eigenvalue weighted by Gasteiger charge is -2.04. The van der Waals surface area contributed by atoms with Crippen LogP contribution in [0.15, 0.2) is 12.3 Å². The molecular formula is C10H17N3O. The van der Waals surface area contributed by atoms with Gasteiger partial charge in [0.2, 0.25) is 5.95 Å². The molecule has 0 fully saturated rings. The van der Waals surface area contributed by atoms with Crippen molar-refractivity contribution in [1.29, 1.82) is 0 Å². The van der Waals surface area contributed by atoms with Crippen LogP contribution in [0, 0.1) is 6.92 Å². The van der Waals surface area contributed by atoms with Gasteiger partial charge in [0.15, 0.2) is 0 Å². The first-order chi connectivity index (χ1) is 6.83. The summed E-state index contributed by atoms with van der Waals surface area (Å²) in [6.07, 6.45) is 3.90. The van der Waals surface area contributed by atoms with Crippen LogP contribution in [-0.4, -0.2) is 30.2 Å². The van der Waals surface area contributed by atoms with Crippen molar-refractivity contribution in [2.45, 2.75) is 19.8 Å². The van der Waals surface area contributed by atoms with Gasteiger partial charge in [-0.15, -0.1) is 0 Å². The first-order valence-corrected chi connectivity index (χ1v) is 4.85. The molecule has 0 aromatic carbocycles. The fourth-order valence-electron chi connectivity index (χ4n) is 1.11. The molecule has 0 aliphatic carbocycles. The Bertz CT molecular complexity index is 265. The highest BCUT2D eigenvalue weighted by molar-refractivity contribution is 5.24. The number of hydrogen-bond acceptors (Lipinski definition) is 4. The second kappa shape index (κ2) is 6.32. The van der Waals surface area contributed by atoms with Crippen LogP contribution >= 0.6 is 0 Å². The molecular weight excluding hydrogens is 178 g/mol. The molecule has 14 heavy (non-hydrogen) atoms. The number of rotatable bonds is 6. The normalized spacial score (nSPS) is 10.1. The molecule has 1 rings (SSSR count). The molecule has 4 nitrogen and oxygen atoms in total. The predicted molar refractivity (Wildman–Crippen MR) is 56.4 cm³/mol. The molecule has 0 aliphatic rings. The van der Waals surface area contributed by atoms with Gasteiger partial charge in [-0.3, -0.25) is 0 Å². The number of unbranched alkanes of at least 4 members (excludes halogenated alkanes) is 1. The zero-order valence-corrected chi connectivity index (χ0v) is 8.79. The Labute approximate surface area is 84.7 Å². The number of aryl methyl sites for hydroxylation is 1. The Morgan fingerprint density at radius 1 is 1.43 bits per heavy atom. The van der Waals surface area contributed by atoms with E-state index in [-0.39, 0.29) is 0 Å². The van der Waals surface area contributed by atoms with E-state index in [4.69, 9.17) is 4.74 Å². The van der Waals surface area contributed by atoms with Gasteiger partial charge in [-0.05, 0) is 25.8 Å². The summed E-state index contributed by atoms with van der Waals surface area (Å²) in [6, 6.07) is 1.89. The van der Waals surface area contributed by atoms with Gasteiger partial charge in [0, 0.05) is 32.2 Å². The number of nitrogens with zero attached hydrogens (tertiary/aromatic N) is 2. The van der Waals surface area contributed by atoms with Gasteiger partial charge < -0.3 is 10.1 Å². The number of ether oxygens (including phenoxy) is 1. The monoisotopic (exact) mass is 195 g/mol. The summed E-state index contributed by atoms with van der Waals surface area (Å²) in [5.41, 5.74) is 0.986. The van der Waals surface area contributed by atoms with E-state index >= 15 is 0 Å². The Kier molecular flexibility index (Phi) is 4.93. The lowest BCUT2D eigenvalue weighted by Crippen LogP contribution is -2.06. The molecule has 0 spiro atoms. The first-order valence-electron chi connectivity index (χ1n) is 4.85. The maximum absolute atomic E-state index is 4.95. The number of hydrogen-bond donors (Lipinski definition) is 1. The lowest BCUT2D eigenvalue weighted by atomic mass is 10.3. The van der Waals surface area contributed by atoms with E-state index in [1.807, 2.05) is 13.0 Å². The molecule has 1 aromatic rings. The van der Waals surface area contributed by atoms with Crippen molar-refractivity contribution in [3.8, 4) is 0 Å². The Balaban J connectivity index is 2.18. The third-order valence-electron chi connectivity index (χ3n) is 1.85. The average Bonchev–Trinajstić information content (AvgIpc) is 2.18. The number of nitrogens with one attached hydrogen (secondary N) is 1. The molecule has 0 bridgehead atoms. The maximum atomic E-state index is 4.95. The SMILES string of the molecule is COCCCCNc1nccc(C)n1. The molecule has 1 heterocycles. The van der Waals surface area contributed by atoms with E-state index in [1.165, 1.54) is 0 Å². The van der Waals surface area contributed by atoms with Crippen LogP contribution < -0.4 is 5.32 Å². The van der Waals surface area contributed by atoms with Gasteiger partial charge in [0.1, 0.15) is 0 Å². The van der Waals surface area contributed by atoms with Crippen molar-refractivity contribution in [2.24, 2.45) is 0 Å². The van der Waals surface area contributed by atoms with E-state index in [0.717, 1.165) is 31.7 Å². The minimum atomic E-state index is 0.711. The zero-order chi connectivity index (χ0) is 10.2. The summed E-state index contributed by atoms with van der Waals surface area (Å²) >= 11 is 0. The minimum Gasteiger partial charge on any atom is -0.385 e. The average molecular weight is 195 g/mol. The molecule has 0 saturated carbocycles. The second-order valence-electron chi connectivity index (χ2n) is 3.15. The maximum Gasteiger partial charge on any atom is 0.222 e. The van der Waals surface area contributed by atoms with E-state index in [2.05, 4.69) is 15.3 Å². The fraction of sp³-hybridized carbons (Fsp3) is 0.600. The fourth-order valence-corrected chi connectivity index (χ4v) is 1.11. The van der Waals surface area contributed by atoms with Crippen LogP contribution in [0.2, 0.25) is 0 Å². The number of anilines is 1. The molecule has 0 aliphatic heterocycles. The van der Waals surface area contributed by atoms with E-state index < -0.39 is 0 Å². The largest absolute Gasteiger partial charge is 0.385 e. The Hall–Kier alpha value is -1.16. The zero-order valence-electron chi connectivity index (χ0n) is 8.79. The first kappa shape index (κ1) is 10.9. The van der Waals surface area contributed by atoms with Gasteiger partial charge in [0.25, 0.3) is 0 Å². The van der Waals surface area contributed by atoms with Gasteiger partial charge >= 0.3 is 0 Å². The highest BCUT2D eigenvalue weighted by Crippen LogP contribution is 1.99. The standard InChI is InChI=1S/C10H17N3O/c1-9-5-7-12-10(13-9)11-6-3-4-8-14-2/h5,7H,3-4,6,8H2,1-2H3,(H,11,12,13). The molecule has 0 unspecified atom stereocenters. The van der Waals surface area contributed by atoms with Crippen LogP contribution in [0.5, 0.6) is 0 Å². The molecule has 0 radical (unpaired) electrons. The molecule has 4 heteroatoms. The highest BCUT2D eigenvalue weighted by atomic mass is 16.5. The number of aromatic nitrogens is 2. The summed E-state index contributed by atoms with van der Waals surface area (Å²) in [6.45, 7) is 3.67. The Morgan fingerprint density at radius 2 is 2.29 bits per heavy atom. The van der Waals surface area contributed by atoms with E-state index in [0.29, 0.717) is 5.95 Å². The minimum absolute atomic E-state index is 0.711. The smallest absolute Gasteiger partial charge is 0.222 e. The summed E-state index contributed by atoms with van der Waals surface area (Å²) < 4.78 is 4.95. The van der Waals surface area contributed by atoms with Gasteiger partial charge in [0.05, 0.1) is 0 Å². The van der Waals surface area contributed by atoms with Crippen LogP contribution in [0.25, 0.3) is 0 Å². The van der Waals surface area contributed by atoms with Gasteiger partial charge in [-0.2, -0.15) is 0 Å².